The summed E-state index contributed by atoms with van der Waals surface area (Å²) < 4.78 is 5.22. The van der Waals surface area contributed by atoms with Crippen molar-refractivity contribution >= 4 is 45.9 Å². The van der Waals surface area contributed by atoms with Crippen molar-refractivity contribution in [3.05, 3.63) is 108 Å². The quantitative estimate of drug-likeness (QED) is 0.387. The van der Waals surface area contributed by atoms with Crippen molar-refractivity contribution in [3.8, 4) is 5.75 Å². The fourth-order valence-corrected chi connectivity index (χ4v) is 6.32. The number of fused-ring (bicyclic) bond motifs is 6. The molecule has 4 aromatic carbocycles. The van der Waals surface area contributed by atoms with E-state index in [-0.39, 0.29) is 17.7 Å². The van der Waals surface area contributed by atoms with Crippen LogP contribution in [0.2, 0.25) is 0 Å². The molecule has 0 aliphatic carbocycles. The van der Waals surface area contributed by atoms with E-state index in [0.717, 1.165) is 21.9 Å². The summed E-state index contributed by atoms with van der Waals surface area (Å²) in [4.78, 5) is 45.2. The average Bonchev–Trinajstić information content (AvgIpc) is 3.45. The molecule has 2 fully saturated rings. The molecule has 0 aromatic heterocycles. The predicted octanol–water partition coefficient (Wildman–Crippen LogP) is 5.00. The van der Waals surface area contributed by atoms with E-state index >= 15 is 0 Å². The molecule has 0 radical (unpaired) electrons. The molecule has 7 nitrogen and oxygen atoms in total. The van der Waals surface area contributed by atoms with Gasteiger partial charge in [-0.05, 0) is 64.4 Å². The number of methoxy groups -OCH3 is 1. The second-order valence-corrected chi connectivity index (χ2v) is 10.1. The van der Waals surface area contributed by atoms with E-state index in [1.807, 2.05) is 77.8 Å². The Morgan fingerprint density at radius 2 is 1.54 bits per heavy atom. The van der Waals surface area contributed by atoms with Gasteiger partial charge in [-0.1, -0.05) is 54.6 Å². The number of imide groups is 1. The molecule has 7 heteroatoms. The summed E-state index contributed by atoms with van der Waals surface area (Å²) in [6, 6.07) is 27.0. The molecule has 0 spiro atoms. The van der Waals surface area contributed by atoms with Crippen LogP contribution in [-0.4, -0.2) is 35.8 Å². The number of anilines is 2. The smallest absolute Gasteiger partial charge is 0.247 e. The number of hydrogen-bond donors (Lipinski definition) is 1. The van der Waals surface area contributed by atoms with E-state index in [0.29, 0.717) is 17.1 Å². The van der Waals surface area contributed by atoms with Crippen molar-refractivity contribution in [3.63, 3.8) is 0 Å². The van der Waals surface area contributed by atoms with Crippen molar-refractivity contribution < 1.29 is 19.1 Å². The minimum absolute atomic E-state index is 0.278. The maximum atomic E-state index is 14.1. The van der Waals surface area contributed by atoms with Crippen molar-refractivity contribution in [2.45, 2.75) is 12.1 Å². The molecule has 3 heterocycles. The fraction of sp³-hybridized carbons (Fsp3) is 0.156. The van der Waals surface area contributed by atoms with Gasteiger partial charge in [0.1, 0.15) is 11.8 Å². The zero-order valence-electron chi connectivity index (χ0n) is 21.2. The molecule has 4 aromatic rings. The Morgan fingerprint density at radius 1 is 0.821 bits per heavy atom. The van der Waals surface area contributed by atoms with Gasteiger partial charge in [0.25, 0.3) is 0 Å². The molecule has 2 saturated heterocycles. The lowest BCUT2D eigenvalue weighted by atomic mass is 9.84. The SMILES string of the molecule is COc1ccc(NC(=O)[C@@H]2[C@@H]3C(=O)N(c4ccc5ccccc5c4)C(=O)[C@@H]3C3c4ccccc4C=CN32)cc1. The van der Waals surface area contributed by atoms with Crippen molar-refractivity contribution in [1.29, 1.82) is 0 Å². The Bertz CT molecular complexity index is 1680. The first-order valence-electron chi connectivity index (χ1n) is 12.9. The van der Waals surface area contributed by atoms with E-state index in [1.54, 1.807) is 37.4 Å². The Balaban J connectivity index is 1.30. The lowest BCUT2D eigenvalue weighted by Gasteiger charge is -2.35. The molecular formula is C32H25N3O4. The second kappa shape index (κ2) is 8.84. The van der Waals surface area contributed by atoms with E-state index in [4.69, 9.17) is 4.74 Å². The third-order valence-electron chi connectivity index (χ3n) is 8.08. The van der Waals surface area contributed by atoms with Gasteiger partial charge in [-0.2, -0.15) is 0 Å². The highest BCUT2D eigenvalue weighted by atomic mass is 16.5. The zero-order valence-corrected chi connectivity index (χ0v) is 21.2. The first kappa shape index (κ1) is 23.2. The lowest BCUT2D eigenvalue weighted by molar-refractivity contribution is -0.128. The third kappa shape index (κ3) is 3.54. The third-order valence-corrected chi connectivity index (χ3v) is 8.08. The number of nitrogens with zero attached hydrogens (tertiary/aromatic N) is 2. The van der Waals surface area contributed by atoms with Gasteiger partial charge in [0.15, 0.2) is 0 Å². The molecule has 3 aliphatic rings. The van der Waals surface area contributed by atoms with Crippen LogP contribution in [0.3, 0.4) is 0 Å². The normalized spacial score (nSPS) is 23.0. The highest BCUT2D eigenvalue weighted by molar-refractivity contribution is 6.24. The summed E-state index contributed by atoms with van der Waals surface area (Å²) in [6.07, 6.45) is 3.79. The first-order chi connectivity index (χ1) is 19.0. The molecule has 0 bridgehead atoms. The van der Waals surface area contributed by atoms with Gasteiger partial charge in [-0.3, -0.25) is 14.4 Å². The largest absolute Gasteiger partial charge is 0.497 e. The number of benzene rings is 4. The Kier molecular flexibility index (Phi) is 5.26. The van der Waals surface area contributed by atoms with Crippen LogP contribution in [0, 0.1) is 11.8 Å². The summed E-state index contributed by atoms with van der Waals surface area (Å²) >= 11 is 0. The summed E-state index contributed by atoms with van der Waals surface area (Å²) in [7, 11) is 1.58. The van der Waals surface area contributed by atoms with Gasteiger partial charge in [-0.15, -0.1) is 0 Å². The molecular weight excluding hydrogens is 490 g/mol. The van der Waals surface area contributed by atoms with E-state index in [1.165, 1.54) is 4.90 Å². The van der Waals surface area contributed by atoms with Crippen LogP contribution in [-0.2, 0) is 14.4 Å². The molecule has 3 amide bonds. The molecule has 0 saturated carbocycles. The minimum Gasteiger partial charge on any atom is -0.497 e. The molecule has 7 rings (SSSR count). The highest BCUT2D eigenvalue weighted by Gasteiger charge is 2.64. The highest BCUT2D eigenvalue weighted by Crippen LogP contribution is 2.53. The summed E-state index contributed by atoms with van der Waals surface area (Å²) in [5, 5.41) is 4.93. The number of hydrogen-bond acceptors (Lipinski definition) is 5. The summed E-state index contributed by atoms with van der Waals surface area (Å²) in [5.74, 6) is -1.81. The van der Waals surface area contributed by atoms with Gasteiger partial charge in [0.2, 0.25) is 17.7 Å². The van der Waals surface area contributed by atoms with Crippen LogP contribution >= 0.6 is 0 Å². The van der Waals surface area contributed by atoms with E-state index < -0.39 is 23.9 Å². The second-order valence-electron chi connectivity index (χ2n) is 10.1. The number of carbonyl (C=O) groups is 3. The van der Waals surface area contributed by atoms with Gasteiger partial charge >= 0.3 is 0 Å². The van der Waals surface area contributed by atoms with Gasteiger partial charge < -0.3 is 15.0 Å². The van der Waals surface area contributed by atoms with Crippen LogP contribution in [0.1, 0.15) is 17.2 Å². The van der Waals surface area contributed by atoms with Crippen LogP contribution in [0.25, 0.3) is 16.8 Å². The molecule has 192 valence electrons. The number of nitrogens with one attached hydrogen (secondary N) is 1. The van der Waals surface area contributed by atoms with Crippen molar-refractivity contribution in [2.75, 3.05) is 17.3 Å². The summed E-state index contributed by atoms with van der Waals surface area (Å²) in [5.41, 5.74) is 3.04. The minimum atomic E-state index is -0.853. The Morgan fingerprint density at radius 3 is 2.33 bits per heavy atom. The van der Waals surface area contributed by atoms with Crippen molar-refractivity contribution in [2.24, 2.45) is 11.8 Å². The fourth-order valence-electron chi connectivity index (χ4n) is 6.32. The van der Waals surface area contributed by atoms with Crippen LogP contribution in [0.15, 0.2) is 97.2 Å². The molecule has 39 heavy (non-hydrogen) atoms. The predicted molar refractivity (Wildman–Crippen MR) is 149 cm³/mol. The number of rotatable bonds is 4. The lowest BCUT2D eigenvalue weighted by Crippen LogP contribution is -2.46. The molecule has 1 unspecified atom stereocenters. The van der Waals surface area contributed by atoms with Crippen LogP contribution < -0.4 is 15.0 Å². The topological polar surface area (TPSA) is 79.0 Å². The van der Waals surface area contributed by atoms with Gasteiger partial charge in [0, 0.05) is 11.9 Å². The van der Waals surface area contributed by atoms with Gasteiger partial charge in [0.05, 0.1) is 30.7 Å². The Hall–Kier alpha value is -4.91. The number of ether oxygens (including phenoxy) is 1. The van der Waals surface area contributed by atoms with Crippen LogP contribution in [0.5, 0.6) is 5.75 Å². The van der Waals surface area contributed by atoms with E-state index in [9.17, 15) is 14.4 Å². The molecule has 3 aliphatic heterocycles. The summed E-state index contributed by atoms with van der Waals surface area (Å²) in [6.45, 7) is 0. The average molecular weight is 516 g/mol. The van der Waals surface area contributed by atoms with E-state index in [2.05, 4.69) is 5.32 Å². The molecule has 4 atom stereocenters. The molecule has 1 N–H and O–H groups in total. The maximum Gasteiger partial charge on any atom is 0.247 e. The maximum absolute atomic E-state index is 14.1. The first-order valence-corrected chi connectivity index (χ1v) is 12.9. The Labute approximate surface area is 225 Å². The monoisotopic (exact) mass is 515 g/mol. The van der Waals surface area contributed by atoms with Crippen molar-refractivity contribution in [1.82, 2.24) is 4.90 Å². The van der Waals surface area contributed by atoms with Gasteiger partial charge in [-0.25, -0.2) is 4.90 Å². The standard InChI is InChI=1S/C32H25N3O4/c1-39-24-14-11-22(12-15-24)33-30(36)29-27-26(28-25-9-5-4-7-20(25)16-17-34(28)29)31(37)35(32(27)38)23-13-10-19-6-2-3-8-21(19)18-23/h2-18,26-29H,1H3,(H,33,36)/t26-,27+,28?,29-/m0/s1. The number of amides is 3. The van der Waals surface area contributed by atoms with Crippen LogP contribution in [0.4, 0.5) is 11.4 Å². The zero-order chi connectivity index (χ0) is 26.7. The number of carbonyl (C=O) groups excluding carboxylic acids is 3.